The molecule has 2 aromatic rings. The maximum atomic E-state index is 5.62. The number of rotatable bonds is 4. The van der Waals surface area contributed by atoms with Crippen LogP contribution in [0.15, 0.2) is 62.8 Å². The Balaban J connectivity index is 2.07. The zero-order valence-corrected chi connectivity index (χ0v) is 14.1. The molecule has 0 N–H and O–H groups in total. The fourth-order valence-electron chi connectivity index (χ4n) is 3.03. The fraction of sp³-hybridized carbons (Fsp3) is 0.136. The van der Waals surface area contributed by atoms with Gasteiger partial charge in [-0.2, -0.15) is 0 Å². The van der Waals surface area contributed by atoms with E-state index in [1.165, 1.54) is 5.56 Å². The van der Waals surface area contributed by atoms with Crippen molar-refractivity contribution in [3.8, 4) is 0 Å². The van der Waals surface area contributed by atoms with Crippen LogP contribution in [0.5, 0.6) is 0 Å². The quantitative estimate of drug-likeness (QED) is 0.706. The molecule has 0 aliphatic carbocycles. The molecule has 0 radical (unpaired) electrons. The number of hydrogen-bond donors (Lipinski definition) is 0. The van der Waals surface area contributed by atoms with Crippen molar-refractivity contribution >= 4 is 22.5 Å². The zero-order valence-electron chi connectivity index (χ0n) is 14.1. The second kappa shape index (κ2) is 6.32. The van der Waals surface area contributed by atoms with Crippen LogP contribution in [0, 0.1) is 0 Å². The van der Waals surface area contributed by atoms with Crippen molar-refractivity contribution in [3.63, 3.8) is 0 Å². The first kappa shape index (κ1) is 16.0. The minimum Gasteiger partial charge on any atom is -0.493 e. The van der Waals surface area contributed by atoms with Crippen LogP contribution in [-0.2, 0) is 11.2 Å². The first-order chi connectivity index (χ1) is 11.5. The smallest absolute Gasteiger partial charge is 0.121 e. The highest BCUT2D eigenvalue weighted by Crippen LogP contribution is 2.37. The Morgan fingerprint density at radius 3 is 2.46 bits per heavy atom. The summed E-state index contributed by atoms with van der Waals surface area (Å²) in [4.78, 5) is 4.54. The topological polar surface area (TPSA) is 22.1 Å². The minimum absolute atomic E-state index is 0.654. The summed E-state index contributed by atoms with van der Waals surface area (Å²) in [6.07, 6.45) is 2.67. The van der Waals surface area contributed by atoms with Crippen molar-refractivity contribution in [2.75, 3.05) is 6.61 Å². The minimum atomic E-state index is 0.654. The Labute approximate surface area is 143 Å². The average molecular weight is 315 g/mol. The largest absolute Gasteiger partial charge is 0.493 e. The number of allylic oxidation sites excluding steroid dienone is 3. The van der Waals surface area contributed by atoms with E-state index in [0.717, 1.165) is 45.5 Å². The first-order valence-corrected chi connectivity index (χ1v) is 7.94. The van der Waals surface area contributed by atoms with Crippen molar-refractivity contribution in [1.29, 1.82) is 0 Å². The van der Waals surface area contributed by atoms with Crippen LogP contribution in [0.25, 0.3) is 22.5 Å². The summed E-state index contributed by atoms with van der Waals surface area (Å²) >= 11 is 0. The second-order valence-electron chi connectivity index (χ2n) is 6.00. The third-order valence-corrected chi connectivity index (χ3v) is 4.33. The summed E-state index contributed by atoms with van der Waals surface area (Å²) in [5.41, 5.74) is 7.65. The Morgan fingerprint density at radius 2 is 1.75 bits per heavy atom. The van der Waals surface area contributed by atoms with Crippen molar-refractivity contribution in [1.82, 2.24) is 4.98 Å². The number of nitrogens with zero attached hydrogens (tertiary/aromatic N) is 1. The molecule has 0 fully saturated rings. The average Bonchev–Trinajstić information content (AvgIpc) is 2.60. The molecule has 2 heteroatoms. The summed E-state index contributed by atoms with van der Waals surface area (Å²) in [5.74, 6) is 0.654. The number of ether oxygens (including phenoxy) is 1. The van der Waals surface area contributed by atoms with Gasteiger partial charge >= 0.3 is 0 Å². The van der Waals surface area contributed by atoms with Crippen LogP contribution >= 0.6 is 0 Å². The number of aromatic nitrogens is 1. The van der Waals surface area contributed by atoms with Crippen LogP contribution < -0.4 is 0 Å². The van der Waals surface area contributed by atoms with E-state index in [2.05, 4.69) is 31.3 Å². The van der Waals surface area contributed by atoms with E-state index in [9.17, 15) is 0 Å². The highest BCUT2D eigenvalue weighted by molar-refractivity contribution is 6.05. The molecule has 24 heavy (non-hydrogen) atoms. The number of hydrogen-bond acceptors (Lipinski definition) is 2. The van der Waals surface area contributed by atoms with E-state index < -0.39 is 0 Å². The van der Waals surface area contributed by atoms with Gasteiger partial charge in [0.2, 0.25) is 0 Å². The molecule has 3 rings (SSSR count). The maximum Gasteiger partial charge on any atom is 0.121 e. The molecule has 0 saturated heterocycles. The molecule has 1 aliphatic rings. The maximum absolute atomic E-state index is 5.62. The zero-order chi connectivity index (χ0) is 17.3. The van der Waals surface area contributed by atoms with Gasteiger partial charge in [0.25, 0.3) is 0 Å². The molecule has 0 unspecified atom stereocenters. The molecule has 0 amide bonds. The van der Waals surface area contributed by atoms with Crippen LogP contribution in [0.2, 0.25) is 0 Å². The summed E-state index contributed by atoms with van der Waals surface area (Å²) in [5, 5.41) is 0. The Kier molecular flexibility index (Phi) is 4.22. The van der Waals surface area contributed by atoms with E-state index >= 15 is 0 Å². The normalized spacial score (nSPS) is 13.0. The molecular weight excluding hydrogens is 294 g/mol. The predicted octanol–water partition coefficient (Wildman–Crippen LogP) is 5.38. The Morgan fingerprint density at radius 1 is 1.04 bits per heavy atom. The molecule has 2 nitrogen and oxygen atoms in total. The van der Waals surface area contributed by atoms with E-state index in [4.69, 9.17) is 4.74 Å². The van der Waals surface area contributed by atoms with Crippen LogP contribution in [0.3, 0.4) is 0 Å². The summed E-state index contributed by atoms with van der Waals surface area (Å²) < 4.78 is 5.62. The molecule has 1 aromatic heterocycles. The summed E-state index contributed by atoms with van der Waals surface area (Å²) in [6, 6.07) is 10.1. The van der Waals surface area contributed by atoms with Gasteiger partial charge in [0.1, 0.15) is 5.76 Å². The van der Waals surface area contributed by atoms with Gasteiger partial charge in [-0.3, -0.25) is 4.98 Å². The van der Waals surface area contributed by atoms with Gasteiger partial charge in [-0.1, -0.05) is 56.2 Å². The molecule has 1 aliphatic heterocycles. The number of fused-ring (bicyclic) bond motifs is 1. The highest BCUT2D eigenvalue weighted by atomic mass is 16.5. The summed E-state index contributed by atoms with van der Waals surface area (Å²) in [6.45, 7) is 19.3. The van der Waals surface area contributed by atoms with Gasteiger partial charge in [0.15, 0.2) is 0 Å². The van der Waals surface area contributed by atoms with Crippen LogP contribution in [-0.4, -0.2) is 11.6 Å². The van der Waals surface area contributed by atoms with Gasteiger partial charge in [-0.05, 0) is 35.3 Å². The molecule has 0 spiro atoms. The standard InChI is InChI=1S/C22H21NO/c1-14(2)19-8-6-7-9-20(19)15(3)16(4)22-21-17(5)24-13-11-18(21)10-12-23-22/h6-10,12H,1,3-5,11,13H2,2H3. The van der Waals surface area contributed by atoms with Gasteiger partial charge in [-0.25, -0.2) is 0 Å². The molecule has 0 bridgehead atoms. The third-order valence-electron chi connectivity index (χ3n) is 4.33. The van der Waals surface area contributed by atoms with Gasteiger partial charge in [0, 0.05) is 23.8 Å². The SMILES string of the molecule is C=C(C)c1ccccc1C(=C)C(=C)c1nccc2c1C(=C)OCC2. The van der Waals surface area contributed by atoms with Gasteiger partial charge < -0.3 is 4.74 Å². The van der Waals surface area contributed by atoms with E-state index in [1.54, 1.807) is 0 Å². The van der Waals surface area contributed by atoms with Crippen molar-refractivity contribution in [2.24, 2.45) is 0 Å². The molecule has 120 valence electrons. The van der Waals surface area contributed by atoms with Crippen molar-refractivity contribution in [2.45, 2.75) is 13.3 Å². The fourth-order valence-corrected chi connectivity index (χ4v) is 3.03. The lowest BCUT2D eigenvalue weighted by Gasteiger charge is -2.23. The lowest BCUT2D eigenvalue weighted by molar-refractivity contribution is 0.271. The van der Waals surface area contributed by atoms with E-state index in [1.807, 2.05) is 43.5 Å². The van der Waals surface area contributed by atoms with Crippen LogP contribution in [0.4, 0.5) is 0 Å². The van der Waals surface area contributed by atoms with Gasteiger partial charge in [-0.15, -0.1) is 0 Å². The number of benzene rings is 1. The third kappa shape index (κ3) is 2.71. The number of pyridine rings is 1. The van der Waals surface area contributed by atoms with Crippen molar-refractivity contribution < 1.29 is 4.74 Å². The molecule has 1 aromatic carbocycles. The molecule has 0 atom stereocenters. The monoisotopic (exact) mass is 315 g/mol. The lowest BCUT2D eigenvalue weighted by Crippen LogP contribution is -2.12. The van der Waals surface area contributed by atoms with E-state index in [0.29, 0.717) is 12.4 Å². The highest BCUT2D eigenvalue weighted by Gasteiger charge is 2.22. The predicted molar refractivity (Wildman–Crippen MR) is 102 cm³/mol. The Hall–Kier alpha value is -2.87. The van der Waals surface area contributed by atoms with Crippen LogP contribution in [0.1, 0.15) is 34.9 Å². The molecule has 2 heterocycles. The molecule has 0 saturated carbocycles. The summed E-state index contributed by atoms with van der Waals surface area (Å²) in [7, 11) is 0. The molecular formula is C22H21NO. The van der Waals surface area contributed by atoms with E-state index in [-0.39, 0.29) is 0 Å². The first-order valence-electron chi connectivity index (χ1n) is 7.94. The lowest BCUT2D eigenvalue weighted by atomic mass is 9.88. The van der Waals surface area contributed by atoms with Gasteiger partial charge in [0.05, 0.1) is 12.3 Å². The Bertz CT molecular complexity index is 873. The van der Waals surface area contributed by atoms with Crippen molar-refractivity contribution in [3.05, 3.63) is 90.8 Å². The second-order valence-corrected chi connectivity index (χ2v) is 6.00.